The summed E-state index contributed by atoms with van der Waals surface area (Å²) in [5.41, 5.74) is -2.93. The number of hydrogen-bond donors (Lipinski definition) is 1. The minimum Gasteiger partial charge on any atom is -0.479 e. The maximum absolute atomic E-state index is 13.9. The van der Waals surface area contributed by atoms with E-state index in [0.29, 0.717) is 19.6 Å². The molecule has 0 radical (unpaired) electrons. The number of amides is 1. The first kappa shape index (κ1) is 13.3. The molecule has 0 aliphatic carbocycles. The normalized spacial score (nSPS) is 36.7. The Balaban J connectivity index is 2.05. The van der Waals surface area contributed by atoms with E-state index in [0.717, 1.165) is 6.42 Å². The molecule has 0 spiro atoms. The summed E-state index contributed by atoms with van der Waals surface area (Å²) in [5.74, 6) is -1.68. The van der Waals surface area contributed by atoms with Crippen LogP contribution in [-0.4, -0.2) is 53.9 Å². The Hall–Kier alpha value is -1.17. The van der Waals surface area contributed by atoms with Gasteiger partial charge in [-0.15, -0.1) is 0 Å². The van der Waals surface area contributed by atoms with Crippen molar-refractivity contribution >= 4 is 11.9 Å². The van der Waals surface area contributed by atoms with Gasteiger partial charge in [-0.1, -0.05) is 0 Å². The fraction of sp³-hybridized carbons (Fsp3) is 0.833. The number of carbonyl (C=O) groups excluding carboxylic acids is 1. The number of halogens is 1. The number of aliphatic carboxylic acids is 1. The second kappa shape index (κ2) is 4.50. The Bertz CT molecular complexity index is 367. The van der Waals surface area contributed by atoms with Crippen molar-refractivity contribution in [3.05, 3.63) is 0 Å². The van der Waals surface area contributed by atoms with Gasteiger partial charge in [0.05, 0.1) is 18.6 Å². The first-order chi connectivity index (χ1) is 8.37. The van der Waals surface area contributed by atoms with Gasteiger partial charge in [0.2, 0.25) is 11.6 Å². The number of hydrogen-bond acceptors (Lipinski definition) is 3. The van der Waals surface area contributed by atoms with Crippen LogP contribution in [0.3, 0.4) is 0 Å². The molecule has 5 nitrogen and oxygen atoms in total. The molecule has 0 bridgehead atoms. The zero-order chi connectivity index (χ0) is 13.4. The molecule has 6 heteroatoms. The highest BCUT2D eigenvalue weighted by molar-refractivity contribution is 5.85. The van der Waals surface area contributed by atoms with Crippen molar-refractivity contribution in [1.82, 2.24) is 4.90 Å². The summed E-state index contributed by atoms with van der Waals surface area (Å²) in [7, 11) is 0. The highest BCUT2D eigenvalue weighted by atomic mass is 19.1. The first-order valence-electron chi connectivity index (χ1n) is 6.17. The van der Waals surface area contributed by atoms with Crippen molar-refractivity contribution in [3.63, 3.8) is 0 Å². The minimum absolute atomic E-state index is 0.134. The lowest BCUT2D eigenvalue weighted by molar-refractivity contribution is -0.152. The fourth-order valence-electron chi connectivity index (χ4n) is 2.61. The molecule has 2 aliphatic heterocycles. The Morgan fingerprint density at radius 3 is 2.61 bits per heavy atom. The van der Waals surface area contributed by atoms with Gasteiger partial charge in [-0.3, -0.25) is 4.79 Å². The average Bonchev–Trinajstić information content (AvgIpc) is 2.73. The van der Waals surface area contributed by atoms with Crippen LogP contribution in [-0.2, 0) is 14.3 Å². The van der Waals surface area contributed by atoms with E-state index in [2.05, 4.69) is 0 Å². The molecule has 2 atom stereocenters. The Labute approximate surface area is 105 Å². The number of rotatable bonds is 2. The van der Waals surface area contributed by atoms with Crippen molar-refractivity contribution in [2.75, 3.05) is 26.3 Å². The van der Waals surface area contributed by atoms with Crippen LogP contribution in [0.4, 0.5) is 4.39 Å². The summed E-state index contributed by atoms with van der Waals surface area (Å²) in [6.45, 7) is 2.58. The van der Waals surface area contributed by atoms with Gasteiger partial charge in [0, 0.05) is 19.6 Å². The van der Waals surface area contributed by atoms with Crippen LogP contribution in [0.1, 0.15) is 26.2 Å². The van der Waals surface area contributed by atoms with Crippen molar-refractivity contribution in [2.45, 2.75) is 31.9 Å². The van der Waals surface area contributed by atoms with Crippen molar-refractivity contribution in [2.24, 2.45) is 5.41 Å². The van der Waals surface area contributed by atoms with Gasteiger partial charge in [0.25, 0.3) is 0 Å². The molecule has 0 saturated carbocycles. The third-order valence-electron chi connectivity index (χ3n) is 3.84. The number of carbonyl (C=O) groups is 2. The van der Waals surface area contributed by atoms with E-state index in [1.165, 1.54) is 4.90 Å². The number of likely N-dealkylation sites (tertiary alicyclic amines) is 1. The van der Waals surface area contributed by atoms with E-state index in [1.807, 2.05) is 0 Å². The zero-order valence-corrected chi connectivity index (χ0v) is 10.4. The zero-order valence-electron chi connectivity index (χ0n) is 10.4. The maximum atomic E-state index is 13.9. The predicted molar refractivity (Wildman–Crippen MR) is 60.8 cm³/mol. The smallest absolute Gasteiger partial charge is 0.343 e. The molecule has 2 saturated heterocycles. The van der Waals surface area contributed by atoms with Crippen LogP contribution in [0.5, 0.6) is 0 Å². The molecule has 2 rings (SSSR count). The number of nitrogens with zero attached hydrogens (tertiary/aromatic N) is 1. The standard InChI is InChI=1S/C12H18FNO4/c1-11(3-2-6-18-8-11)9(15)14-5-4-12(13,7-14)10(16)17/h2-8H2,1H3,(H,16,17)/t11-,12+/m1/s1. The number of carboxylic acid groups (broad SMARTS) is 1. The van der Waals surface area contributed by atoms with E-state index in [4.69, 9.17) is 9.84 Å². The summed E-state index contributed by atoms with van der Waals surface area (Å²) in [6, 6.07) is 0. The highest BCUT2D eigenvalue weighted by Gasteiger charge is 2.50. The Kier molecular flexibility index (Phi) is 3.31. The second-order valence-corrected chi connectivity index (χ2v) is 5.46. The number of alkyl halides is 1. The Morgan fingerprint density at radius 2 is 2.11 bits per heavy atom. The molecule has 1 amide bonds. The molecule has 0 aromatic heterocycles. The van der Waals surface area contributed by atoms with Crippen molar-refractivity contribution < 1.29 is 23.8 Å². The number of carboxylic acids is 1. The monoisotopic (exact) mass is 259 g/mol. The van der Waals surface area contributed by atoms with Gasteiger partial charge in [0.1, 0.15) is 0 Å². The lowest BCUT2D eigenvalue weighted by atomic mass is 9.83. The van der Waals surface area contributed by atoms with Crippen LogP contribution in [0.15, 0.2) is 0 Å². The summed E-state index contributed by atoms with van der Waals surface area (Å²) < 4.78 is 19.2. The van der Waals surface area contributed by atoms with Gasteiger partial charge in [0.15, 0.2) is 0 Å². The summed E-state index contributed by atoms with van der Waals surface area (Å²) in [5, 5.41) is 8.81. The highest BCUT2D eigenvalue weighted by Crippen LogP contribution is 2.34. The second-order valence-electron chi connectivity index (χ2n) is 5.46. The van der Waals surface area contributed by atoms with Gasteiger partial charge < -0.3 is 14.7 Å². The molecule has 102 valence electrons. The summed E-state index contributed by atoms with van der Waals surface area (Å²) in [4.78, 5) is 24.5. The van der Waals surface area contributed by atoms with E-state index in [9.17, 15) is 14.0 Å². The van der Waals surface area contributed by atoms with Gasteiger partial charge in [-0.05, 0) is 19.8 Å². The first-order valence-corrected chi connectivity index (χ1v) is 6.17. The molecular formula is C12H18FNO4. The Morgan fingerprint density at radius 1 is 1.39 bits per heavy atom. The SMILES string of the molecule is C[C@@]1(C(=O)N2CC[C@@](F)(C(=O)O)C2)CCCOC1. The molecule has 0 aromatic rings. The molecule has 18 heavy (non-hydrogen) atoms. The van der Waals surface area contributed by atoms with E-state index in [1.54, 1.807) is 6.92 Å². The van der Waals surface area contributed by atoms with Crippen LogP contribution in [0, 0.1) is 5.41 Å². The molecule has 0 unspecified atom stereocenters. The molecule has 1 N–H and O–H groups in total. The van der Waals surface area contributed by atoms with E-state index in [-0.39, 0.29) is 25.4 Å². The largest absolute Gasteiger partial charge is 0.479 e. The molecule has 2 fully saturated rings. The van der Waals surface area contributed by atoms with Crippen LogP contribution >= 0.6 is 0 Å². The van der Waals surface area contributed by atoms with Gasteiger partial charge in [-0.2, -0.15) is 0 Å². The fourth-order valence-corrected chi connectivity index (χ4v) is 2.61. The lowest BCUT2D eigenvalue weighted by Crippen LogP contribution is -2.47. The van der Waals surface area contributed by atoms with Crippen molar-refractivity contribution in [3.8, 4) is 0 Å². The number of ether oxygens (including phenoxy) is 1. The molecule has 0 aromatic carbocycles. The third kappa shape index (κ3) is 2.21. The topological polar surface area (TPSA) is 66.8 Å². The summed E-state index contributed by atoms with van der Waals surface area (Å²) in [6.07, 6.45) is 1.37. The maximum Gasteiger partial charge on any atom is 0.343 e. The van der Waals surface area contributed by atoms with Crippen molar-refractivity contribution in [1.29, 1.82) is 0 Å². The van der Waals surface area contributed by atoms with Gasteiger partial charge >= 0.3 is 5.97 Å². The minimum atomic E-state index is -2.29. The molecule has 2 aliphatic rings. The van der Waals surface area contributed by atoms with Gasteiger partial charge in [-0.25, -0.2) is 9.18 Å². The lowest BCUT2D eigenvalue weighted by Gasteiger charge is -2.35. The van der Waals surface area contributed by atoms with E-state index < -0.39 is 17.1 Å². The average molecular weight is 259 g/mol. The summed E-state index contributed by atoms with van der Waals surface area (Å²) >= 11 is 0. The van der Waals surface area contributed by atoms with Crippen LogP contribution < -0.4 is 0 Å². The molecular weight excluding hydrogens is 241 g/mol. The quantitative estimate of drug-likeness (QED) is 0.797. The van der Waals surface area contributed by atoms with Crippen LogP contribution in [0.25, 0.3) is 0 Å². The van der Waals surface area contributed by atoms with E-state index >= 15 is 0 Å². The predicted octanol–water partition coefficient (Wildman–Crippen LogP) is 0.828. The van der Waals surface area contributed by atoms with Crippen LogP contribution in [0.2, 0.25) is 0 Å². The molecule has 2 heterocycles. The third-order valence-corrected chi connectivity index (χ3v) is 3.84.